The highest BCUT2D eigenvalue weighted by molar-refractivity contribution is 7.89. The topological polar surface area (TPSA) is 72.6 Å². The maximum Gasteiger partial charge on any atom is 0.238 e. The first-order valence-corrected chi connectivity index (χ1v) is 9.94. The summed E-state index contributed by atoms with van der Waals surface area (Å²) in [6.07, 6.45) is 0. The number of nitrogens with zero attached hydrogens (tertiary/aromatic N) is 1. The fourth-order valence-corrected chi connectivity index (χ4v) is 3.91. The van der Waals surface area contributed by atoms with Crippen LogP contribution in [0.3, 0.4) is 0 Å². The Morgan fingerprint density at radius 2 is 1.59 bits per heavy atom. The Balaban J connectivity index is 2.32. The fourth-order valence-electron chi connectivity index (χ4n) is 3.13. The van der Waals surface area contributed by atoms with Crippen LogP contribution in [0.4, 0.5) is 5.69 Å². The lowest BCUT2D eigenvalue weighted by atomic mass is 9.94. The smallest absolute Gasteiger partial charge is 0.238 e. The van der Waals surface area contributed by atoms with Crippen LogP contribution in [-0.4, -0.2) is 29.6 Å². The van der Waals surface area contributed by atoms with Crippen molar-refractivity contribution in [1.82, 2.24) is 0 Å². The van der Waals surface area contributed by atoms with Crippen molar-refractivity contribution in [2.75, 3.05) is 26.1 Å². The Morgan fingerprint density at radius 3 is 2.19 bits per heavy atom. The number of hydrogen-bond donors (Lipinski definition) is 1. The molecular weight excluding hydrogens is 360 g/mol. The number of rotatable bonds is 5. The van der Waals surface area contributed by atoms with E-state index in [9.17, 15) is 8.42 Å². The van der Waals surface area contributed by atoms with E-state index in [-0.39, 0.29) is 4.90 Å². The molecule has 140 valence electrons. The first kappa shape index (κ1) is 18.9. The lowest BCUT2D eigenvalue weighted by molar-refractivity contribution is 0.415. The molecule has 0 bridgehead atoms. The van der Waals surface area contributed by atoms with Gasteiger partial charge in [-0.2, -0.15) is 0 Å². The molecule has 0 heterocycles. The summed E-state index contributed by atoms with van der Waals surface area (Å²) in [5.41, 5.74) is 3.93. The molecule has 2 N–H and O–H groups in total. The molecule has 5 nitrogen and oxygen atoms in total. The third-order valence-electron chi connectivity index (χ3n) is 4.37. The van der Waals surface area contributed by atoms with E-state index in [2.05, 4.69) is 0 Å². The molecule has 0 spiro atoms. The van der Waals surface area contributed by atoms with E-state index in [1.54, 1.807) is 13.2 Å². The Kier molecular flexibility index (Phi) is 5.21. The molecule has 0 atom stereocenters. The molecule has 0 saturated carbocycles. The summed E-state index contributed by atoms with van der Waals surface area (Å²) in [4.78, 5) is 2.06. The van der Waals surface area contributed by atoms with Crippen LogP contribution in [0.1, 0.15) is 0 Å². The van der Waals surface area contributed by atoms with Crippen LogP contribution in [0.5, 0.6) is 5.75 Å². The highest BCUT2D eigenvalue weighted by atomic mass is 32.2. The van der Waals surface area contributed by atoms with Gasteiger partial charge in [-0.25, -0.2) is 13.6 Å². The largest absolute Gasteiger partial charge is 0.495 e. The Labute approximate surface area is 160 Å². The summed E-state index contributed by atoms with van der Waals surface area (Å²) in [5.74, 6) is 0.706. The summed E-state index contributed by atoms with van der Waals surface area (Å²) >= 11 is 0. The molecule has 0 amide bonds. The van der Waals surface area contributed by atoms with Crippen molar-refractivity contribution in [2.24, 2.45) is 5.14 Å². The number of sulfonamides is 1. The van der Waals surface area contributed by atoms with Crippen molar-refractivity contribution >= 4 is 15.7 Å². The Bertz CT molecular complexity index is 1060. The minimum absolute atomic E-state index is 0.0989. The average Bonchev–Trinajstić information content (AvgIpc) is 2.66. The molecule has 0 aliphatic rings. The molecule has 0 aromatic heterocycles. The van der Waals surface area contributed by atoms with Crippen LogP contribution in [0.2, 0.25) is 0 Å². The van der Waals surface area contributed by atoms with Crippen molar-refractivity contribution in [2.45, 2.75) is 4.90 Å². The van der Waals surface area contributed by atoms with Gasteiger partial charge in [-0.3, -0.25) is 0 Å². The predicted molar refractivity (Wildman–Crippen MR) is 110 cm³/mol. The van der Waals surface area contributed by atoms with Crippen LogP contribution in [0.25, 0.3) is 22.3 Å². The second-order valence-electron chi connectivity index (χ2n) is 6.37. The standard InChI is InChI=1S/C21H22N2O3S/c1-23(2)18-13-12-16(14-19(18)26-3)17-10-7-11-20(27(22,24)25)21(17)15-8-5-4-6-9-15/h4-14H,1-3H3,(H2,22,24,25). The van der Waals surface area contributed by atoms with Crippen molar-refractivity contribution < 1.29 is 13.2 Å². The van der Waals surface area contributed by atoms with E-state index in [0.29, 0.717) is 11.3 Å². The van der Waals surface area contributed by atoms with E-state index in [0.717, 1.165) is 22.4 Å². The Morgan fingerprint density at radius 1 is 0.889 bits per heavy atom. The van der Waals surface area contributed by atoms with Gasteiger partial charge in [-0.1, -0.05) is 48.5 Å². The van der Waals surface area contributed by atoms with Gasteiger partial charge in [-0.15, -0.1) is 0 Å². The van der Waals surface area contributed by atoms with Gasteiger partial charge in [0, 0.05) is 19.7 Å². The zero-order valence-electron chi connectivity index (χ0n) is 15.5. The molecule has 0 radical (unpaired) electrons. The van der Waals surface area contributed by atoms with Crippen LogP contribution in [0.15, 0.2) is 71.6 Å². The van der Waals surface area contributed by atoms with E-state index in [1.165, 1.54) is 6.07 Å². The van der Waals surface area contributed by atoms with Gasteiger partial charge in [0.1, 0.15) is 5.75 Å². The lowest BCUT2D eigenvalue weighted by Crippen LogP contribution is -2.14. The molecular formula is C21H22N2O3S. The maximum atomic E-state index is 12.2. The minimum Gasteiger partial charge on any atom is -0.495 e. The molecule has 3 aromatic rings. The van der Waals surface area contributed by atoms with Gasteiger partial charge in [-0.05, 0) is 34.9 Å². The van der Waals surface area contributed by atoms with Gasteiger partial charge >= 0.3 is 0 Å². The number of methoxy groups -OCH3 is 1. The fraction of sp³-hybridized carbons (Fsp3) is 0.143. The van der Waals surface area contributed by atoms with Crippen molar-refractivity contribution in [1.29, 1.82) is 0 Å². The molecule has 0 aliphatic heterocycles. The number of nitrogens with two attached hydrogens (primary N) is 1. The molecule has 0 saturated heterocycles. The van der Waals surface area contributed by atoms with Gasteiger partial charge in [0.05, 0.1) is 17.7 Å². The average molecular weight is 382 g/mol. The minimum atomic E-state index is -3.89. The summed E-state index contributed by atoms with van der Waals surface area (Å²) < 4.78 is 30.0. The Hall–Kier alpha value is -2.83. The van der Waals surface area contributed by atoms with Crippen LogP contribution >= 0.6 is 0 Å². The molecule has 3 rings (SSSR count). The molecule has 0 fully saturated rings. The summed E-state index contributed by atoms with van der Waals surface area (Å²) in [5, 5.41) is 5.50. The molecule has 6 heteroatoms. The summed E-state index contributed by atoms with van der Waals surface area (Å²) in [6, 6.07) is 20.3. The van der Waals surface area contributed by atoms with E-state index < -0.39 is 10.0 Å². The molecule has 0 aliphatic carbocycles. The van der Waals surface area contributed by atoms with Crippen LogP contribution in [-0.2, 0) is 10.0 Å². The zero-order valence-corrected chi connectivity index (χ0v) is 16.3. The number of primary sulfonamides is 1. The third kappa shape index (κ3) is 3.82. The lowest BCUT2D eigenvalue weighted by Gasteiger charge is -2.19. The zero-order chi connectivity index (χ0) is 19.6. The number of anilines is 1. The van der Waals surface area contributed by atoms with E-state index in [4.69, 9.17) is 9.88 Å². The highest BCUT2D eigenvalue weighted by Gasteiger charge is 2.20. The summed E-state index contributed by atoms with van der Waals surface area (Å²) in [6.45, 7) is 0. The predicted octanol–water partition coefficient (Wildman–Crippen LogP) is 3.74. The number of benzene rings is 3. The second kappa shape index (κ2) is 7.42. The van der Waals surface area contributed by atoms with Gasteiger partial charge in [0.25, 0.3) is 0 Å². The second-order valence-corrected chi connectivity index (χ2v) is 7.90. The van der Waals surface area contributed by atoms with Crippen LogP contribution < -0.4 is 14.8 Å². The van der Waals surface area contributed by atoms with Crippen molar-refractivity contribution in [3.05, 3.63) is 66.7 Å². The normalized spacial score (nSPS) is 11.3. The van der Waals surface area contributed by atoms with Crippen molar-refractivity contribution in [3.63, 3.8) is 0 Å². The molecule has 3 aromatic carbocycles. The summed E-state index contributed by atoms with van der Waals surface area (Å²) in [7, 11) is 1.61. The quantitative estimate of drug-likeness (QED) is 0.730. The van der Waals surface area contributed by atoms with Gasteiger partial charge in [0.15, 0.2) is 0 Å². The van der Waals surface area contributed by atoms with Crippen molar-refractivity contribution in [3.8, 4) is 28.0 Å². The SMILES string of the molecule is COc1cc(-c2cccc(S(N)(=O)=O)c2-c2ccccc2)ccc1N(C)C. The molecule has 27 heavy (non-hydrogen) atoms. The third-order valence-corrected chi connectivity index (χ3v) is 5.32. The van der Waals surface area contributed by atoms with E-state index in [1.807, 2.05) is 73.6 Å². The number of hydrogen-bond acceptors (Lipinski definition) is 4. The first-order valence-electron chi connectivity index (χ1n) is 8.40. The van der Waals surface area contributed by atoms with Gasteiger partial charge < -0.3 is 9.64 Å². The maximum absolute atomic E-state index is 12.2. The molecule has 0 unspecified atom stereocenters. The van der Waals surface area contributed by atoms with E-state index >= 15 is 0 Å². The number of ether oxygens (including phenoxy) is 1. The van der Waals surface area contributed by atoms with Crippen LogP contribution in [0, 0.1) is 0 Å². The van der Waals surface area contributed by atoms with Gasteiger partial charge in [0.2, 0.25) is 10.0 Å². The monoisotopic (exact) mass is 382 g/mol. The first-order chi connectivity index (χ1) is 12.8. The highest BCUT2D eigenvalue weighted by Crippen LogP contribution is 2.39.